The van der Waals surface area contributed by atoms with Gasteiger partial charge in [0.2, 0.25) is 0 Å². The Balaban J connectivity index is 1.48. The zero-order chi connectivity index (χ0) is 19.4. The van der Waals surface area contributed by atoms with Crippen LogP contribution in [-0.2, 0) is 9.47 Å². The number of carbonyl (C=O) groups excluding carboxylic acids is 1. The molecule has 3 rings (SSSR count). The molecule has 2 fully saturated rings. The predicted molar refractivity (Wildman–Crippen MR) is 105 cm³/mol. The van der Waals surface area contributed by atoms with E-state index < -0.39 is 11.7 Å². The molecular formula is C22H33NO4. The van der Waals surface area contributed by atoms with Crippen LogP contribution in [0, 0.1) is 0 Å². The summed E-state index contributed by atoms with van der Waals surface area (Å²) >= 11 is 0. The molecule has 0 radical (unpaired) electrons. The van der Waals surface area contributed by atoms with Crippen molar-refractivity contribution in [2.24, 2.45) is 0 Å². The van der Waals surface area contributed by atoms with E-state index in [2.05, 4.69) is 30.3 Å². The average molecular weight is 376 g/mol. The molecule has 0 bridgehead atoms. The van der Waals surface area contributed by atoms with E-state index in [1.807, 2.05) is 20.8 Å². The molecule has 27 heavy (non-hydrogen) atoms. The number of ether oxygens (including phenoxy) is 2. The highest BCUT2D eigenvalue weighted by atomic mass is 16.6. The van der Waals surface area contributed by atoms with Gasteiger partial charge in [-0.1, -0.05) is 30.3 Å². The number of benzene rings is 1. The Morgan fingerprint density at radius 1 is 1.11 bits per heavy atom. The van der Waals surface area contributed by atoms with Gasteiger partial charge in [-0.25, -0.2) is 4.79 Å². The summed E-state index contributed by atoms with van der Waals surface area (Å²) in [6.45, 7) is 6.46. The molecule has 2 atom stereocenters. The number of rotatable bonds is 4. The van der Waals surface area contributed by atoms with Crippen LogP contribution in [0.4, 0.5) is 4.79 Å². The molecule has 1 aromatic rings. The fourth-order valence-corrected chi connectivity index (χ4v) is 4.11. The fraction of sp³-hybridized carbons (Fsp3) is 0.682. The smallest absolute Gasteiger partial charge is 0.410 e. The van der Waals surface area contributed by atoms with Crippen LogP contribution in [0.2, 0.25) is 0 Å². The average Bonchev–Trinajstić information content (AvgIpc) is 3.00. The van der Waals surface area contributed by atoms with Crippen LogP contribution in [-0.4, -0.2) is 53.1 Å². The Morgan fingerprint density at radius 2 is 1.78 bits per heavy atom. The van der Waals surface area contributed by atoms with Gasteiger partial charge in [0.05, 0.1) is 24.9 Å². The summed E-state index contributed by atoms with van der Waals surface area (Å²) in [5, 5.41) is 10.3. The minimum atomic E-state index is -0.543. The van der Waals surface area contributed by atoms with Crippen molar-refractivity contribution in [3.63, 3.8) is 0 Å². The summed E-state index contributed by atoms with van der Waals surface area (Å²) in [5.41, 5.74) is 0.879. The summed E-state index contributed by atoms with van der Waals surface area (Å²) in [6, 6.07) is 10.4. The van der Waals surface area contributed by atoms with Crippen LogP contribution < -0.4 is 0 Å². The second-order valence-corrected chi connectivity index (χ2v) is 8.81. The minimum absolute atomic E-state index is 0.207. The molecule has 1 aromatic carbocycles. The van der Waals surface area contributed by atoms with Crippen molar-refractivity contribution in [1.82, 2.24) is 4.90 Å². The maximum atomic E-state index is 12.4. The number of amides is 1. The van der Waals surface area contributed by atoms with E-state index in [-0.39, 0.29) is 18.2 Å². The number of hydrogen-bond acceptors (Lipinski definition) is 4. The van der Waals surface area contributed by atoms with Crippen molar-refractivity contribution in [2.45, 2.75) is 82.6 Å². The van der Waals surface area contributed by atoms with E-state index >= 15 is 0 Å². The van der Waals surface area contributed by atoms with Crippen molar-refractivity contribution in [3.05, 3.63) is 35.9 Å². The van der Waals surface area contributed by atoms with Crippen LogP contribution in [0.5, 0.6) is 0 Å². The largest absolute Gasteiger partial charge is 0.444 e. The third-order valence-corrected chi connectivity index (χ3v) is 5.59. The van der Waals surface area contributed by atoms with Gasteiger partial charge in [0, 0.05) is 6.54 Å². The van der Waals surface area contributed by atoms with E-state index in [0.717, 1.165) is 25.7 Å². The number of aliphatic hydroxyl groups excluding tert-OH is 1. The molecule has 1 heterocycles. The third-order valence-electron chi connectivity index (χ3n) is 5.59. The first-order chi connectivity index (χ1) is 12.8. The Bertz CT molecular complexity index is 604. The third kappa shape index (κ3) is 5.45. The van der Waals surface area contributed by atoms with Gasteiger partial charge in [-0.3, -0.25) is 0 Å². The molecule has 150 valence electrons. The van der Waals surface area contributed by atoms with Gasteiger partial charge in [-0.05, 0) is 64.4 Å². The first-order valence-corrected chi connectivity index (χ1v) is 10.2. The van der Waals surface area contributed by atoms with Gasteiger partial charge in [-0.2, -0.15) is 0 Å². The van der Waals surface area contributed by atoms with Gasteiger partial charge in [-0.15, -0.1) is 0 Å². The van der Waals surface area contributed by atoms with E-state index in [1.165, 1.54) is 5.56 Å². The number of nitrogens with zero attached hydrogens (tertiary/aromatic N) is 1. The van der Waals surface area contributed by atoms with Crippen LogP contribution >= 0.6 is 0 Å². The molecule has 1 aliphatic heterocycles. The molecule has 1 amide bonds. The van der Waals surface area contributed by atoms with E-state index in [0.29, 0.717) is 25.5 Å². The highest BCUT2D eigenvalue weighted by molar-refractivity contribution is 5.69. The van der Waals surface area contributed by atoms with Crippen molar-refractivity contribution in [3.8, 4) is 0 Å². The Kier molecular flexibility index (Phi) is 6.43. The number of aliphatic hydroxyl groups is 1. The Hall–Kier alpha value is -1.59. The van der Waals surface area contributed by atoms with Crippen LogP contribution in [0.1, 0.15) is 64.4 Å². The lowest BCUT2D eigenvalue weighted by Gasteiger charge is -2.32. The minimum Gasteiger partial charge on any atom is -0.444 e. The molecule has 1 saturated heterocycles. The maximum absolute atomic E-state index is 12.4. The van der Waals surface area contributed by atoms with Crippen LogP contribution in [0.25, 0.3) is 0 Å². The van der Waals surface area contributed by atoms with Gasteiger partial charge in [0.25, 0.3) is 0 Å². The molecule has 1 N–H and O–H groups in total. The Labute approximate surface area is 162 Å². The van der Waals surface area contributed by atoms with Crippen molar-refractivity contribution in [1.29, 1.82) is 0 Å². The van der Waals surface area contributed by atoms with Crippen molar-refractivity contribution < 1.29 is 19.4 Å². The first-order valence-electron chi connectivity index (χ1n) is 10.2. The highest BCUT2D eigenvalue weighted by Gasteiger charge is 2.39. The van der Waals surface area contributed by atoms with Crippen molar-refractivity contribution >= 4 is 6.09 Å². The van der Waals surface area contributed by atoms with Gasteiger partial charge >= 0.3 is 6.09 Å². The lowest BCUT2D eigenvalue weighted by molar-refractivity contribution is -0.0337. The number of likely N-dealkylation sites (tertiary alicyclic amines) is 1. The molecular weight excluding hydrogens is 342 g/mol. The van der Waals surface area contributed by atoms with Crippen LogP contribution in [0.3, 0.4) is 0 Å². The second-order valence-electron chi connectivity index (χ2n) is 8.81. The Morgan fingerprint density at radius 3 is 2.41 bits per heavy atom. The summed E-state index contributed by atoms with van der Waals surface area (Å²) in [6.07, 6.45) is 4.17. The summed E-state index contributed by atoms with van der Waals surface area (Å²) in [5.74, 6) is 0.612. The monoisotopic (exact) mass is 375 g/mol. The first kappa shape index (κ1) is 20.2. The zero-order valence-electron chi connectivity index (χ0n) is 16.8. The van der Waals surface area contributed by atoms with E-state index in [9.17, 15) is 9.90 Å². The number of carbonyl (C=O) groups is 1. The van der Waals surface area contributed by atoms with E-state index in [4.69, 9.17) is 9.47 Å². The summed E-state index contributed by atoms with van der Waals surface area (Å²) in [7, 11) is 0. The van der Waals surface area contributed by atoms with Crippen molar-refractivity contribution in [2.75, 3.05) is 13.2 Å². The molecule has 5 heteroatoms. The topological polar surface area (TPSA) is 59.0 Å². The second kappa shape index (κ2) is 8.61. The summed E-state index contributed by atoms with van der Waals surface area (Å²) < 4.78 is 11.6. The lowest BCUT2D eigenvalue weighted by Crippen LogP contribution is -2.45. The van der Waals surface area contributed by atoms with Gasteiger partial charge in [0.15, 0.2) is 0 Å². The molecule has 1 aliphatic carbocycles. The van der Waals surface area contributed by atoms with Crippen LogP contribution in [0.15, 0.2) is 30.3 Å². The molecule has 2 aliphatic rings. The highest BCUT2D eigenvalue weighted by Crippen LogP contribution is 2.34. The van der Waals surface area contributed by atoms with Gasteiger partial charge < -0.3 is 19.5 Å². The normalized spacial score (nSPS) is 29.0. The number of hydrogen-bond donors (Lipinski definition) is 1. The molecule has 0 spiro atoms. The van der Waals surface area contributed by atoms with Gasteiger partial charge in [0.1, 0.15) is 5.60 Å². The summed E-state index contributed by atoms with van der Waals surface area (Å²) in [4.78, 5) is 14.0. The van der Waals surface area contributed by atoms with E-state index in [1.54, 1.807) is 4.90 Å². The maximum Gasteiger partial charge on any atom is 0.410 e. The molecule has 0 unspecified atom stereocenters. The quantitative estimate of drug-likeness (QED) is 0.861. The fourth-order valence-electron chi connectivity index (χ4n) is 4.11. The standard InChI is InChI=1S/C22H33NO4/c1-22(2,3)27-21(25)23-14-13-20(24)19(23)15-26-18-11-9-17(10-12-18)16-7-5-4-6-8-16/h4-8,17-20,24H,9-15H2,1-3H3/t17?,18?,19-,20+/m0/s1. The molecule has 1 saturated carbocycles. The lowest BCUT2D eigenvalue weighted by atomic mass is 9.83. The zero-order valence-corrected chi connectivity index (χ0v) is 16.8. The molecule has 5 nitrogen and oxygen atoms in total. The predicted octanol–water partition coefficient (Wildman–Crippen LogP) is 4.10. The molecule has 0 aromatic heterocycles. The SMILES string of the molecule is CC(C)(C)OC(=O)N1CC[C@@H](O)[C@@H]1COC1CCC(c2ccccc2)CC1.